The van der Waals surface area contributed by atoms with Crippen LogP contribution in [0.2, 0.25) is 0 Å². The molecule has 7 nitrogen and oxygen atoms in total. The fourth-order valence-corrected chi connectivity index (χ4v) is 4.51. The molecule has 178 valence electrons. The molecule has 0 aliphatic carbocycles. The molecule has 2 aromatic carbocycles. The number of nitrogens with one attached hydrogen (secondary N) is 1. The molecule has 9 heteroatoms. The van der Waals surface area contributed by atoms with Crippen molar-refractivity contribution in [3.8, 4) is 11.1 Å². The summed E-state index contributed by atoms with van der Waals surface area (Å²) in [5.74, 6) is -4.36. The molecule has 0 atom stereocenters. The second kappa shape index (κ2) is 8.92. The van der Waals surface area contributed by atoms with Crippen LogP contribution in [-0.4, -0.2) is 48.0 Å². The first-order valence-electron chi connectivity index (χ1n) is 11.1. The molecule has 0 unspecified atom stereocenters. The summed E-state index contributed by atoms with van der Waals surface area (Å²) in [6, 6.07) is 9.52. The molecule has 1 saturated heterocycles. The van der Waals surface area contributed by atoms with Gasteiger partial charge in [-0.15, -0.1) is 0 Å². The van der Waals surface area contributed by atoms with Crippen LogP contribution < -0.4 is 10.6 Å². The molecular weight excluding hydrogens is 454 g/mol. The standard InChI is InChI=1S/C26H22F2N4O3/c1-14-16(3-2-4-21(14)32-7-9-35-10-8-32)15-11-18-19(13-31-26(18)30-12-15)24(33)22-20(27)6-5-17(23(22)28)25(29)34/h2-6,11-13H,7-10H2,1H3,(H2,29,34)(H,30,31). The van der Waals surface area contributed by atoms with E-state index in [2.05, 4.69) is 20.9 Å². The van der Waals surface area contributed by atoms with Gasteiger partial charge in [-0.05, 0) is 42.3 Å². The quantitative estimate of drug-likeness (QED) is 0.425. The first kappa shape index (κ1) is 22.7. The van der Waals surface area contributed by atoms with E-state index in [1.165, 1.54) is 6.20 Å². The van der Waals surface area contributed by atoms with Crippen molar-refractivity contribution < 1.29 is 23.1 Å². The first-order chi connectivity index (χ1) is 16.9. The van der Waals surface area contributed by atoms with Crippen molar-refractivity contribution >= 4 is 28.4 Å². The minimum absolute atomic E-state index is 0.0377. The third-order valence-corrected chi connectivity index (χ3v) is 6.33. The number of hydrogen-bond donors (Lipinski definition) is 2. The van der Waals surface area contributed by atoms with E-state index in [9.17, 15) is 18.4 Å². The van der Waals surface area contributed by atoms with E-state index in [0.29, 0.717) is 24.2 Å². The number of fused-ring (bicyclic) bond motifs is 1. The summed E-state index contributed by atoms with van der Waals surface area (Å²) < 4.78 is 34.8. The van der Waals surface area contributed by atoms with Gasteiger partial charge in [-0.2, -0.15) is 0 Å². The van der Waals surface area contributed by atoms with E-state index >= 15 is 0 Å². The summed E-state index contributed by atoms with van der Waals surface area (Å²) in [5.41, 5.74) is 8.03. The van der Waals surface area contributed by atoms with Crippen molar-refractivity contribution in [3.05, 3.63) is 82.7 Å². The number of primary amides is 1. The summed E-state index contributed by atoms with van der Waals surface area (Å²) in [5, 5.41) is 0.409. The van der Waals surface area contributed by atoms with Crippen molar-refractivity contribution in [1.82, 2.24) is 9.97 Å². The highest BCUT2D eigenvalue weighted by Gasteiger charge is 2.26. The molecule has 2 aromatic heterocycles. The van der Waals surface area contributed by atoms with Crippen molar-refractivity contribution in [1.29, 1.82) is 0 Å². The molecule has 0 saturated carbocycles. The SMILES string of the molecule is Cc1c(-c2cnc3[nH]cc(C(=O)c4c(F)ccc(C(N)=O)c4F)c3c2)cccc1N1CCOCC1. The minimum Gasteiger partial charge on any atom is -0.378 e. The third-order valence-electron chi connectivity index (χ3n) is 6.33. The van der Waals surface area contributed by atoms with Crippen LogP contribution in [0, 0.1) is 18.6 Å². The van der Waals surface area contributed by atoms with Gasteiger partial charge in [-0.1, -0.05) is 12.1 Å². The minimum atomic E-state index is -1.28. The predicted octanol–water partition coefficient (Wildman–Crippen LogP) is 3.98. The van der Waals surface area contributed by atoms with Crippen molar-refractivity contribution in [2.45, 2.75) is 6.92 Å². The molecule has 1 fully saturated rings. The third kappa shape index (κ3) is 3.93. The Balaban J connectivity index is 1.59. The number of anilines is 1. The van der Waals surface area contributed by atoms with Gasteiger partial charge in [0.15, 0.2) is 0 Å². The van der Waals surface area contributed by atoms with Gasteiger partial charge in [0.05, 0.1) is 24.3 Å². The average Bonchev–Trinajstić information content (AvgIpc) is 3.28. The number of H-pyrrole nitrogens is 1. The van der Waals surface area contributed by atoms with Crippen LogP contribution in [-0.2, 0) is 4.74 Å². The number of carbonyl (C=O) groups excluding carboxylic acids is 2. The number of halogens is 2. The normalized spacial score (nSPS) is 13.9. The summed E-state index contributed by atoms with van der Waals surface area (Å²) in [6.07, 6.45) is 3.05. The lowest BCUT2D eigenvalue weighted by molar-refractivity contribution is 0.0996. The van der Waals surface area contributed by atoms with E-state index in [0.717, 1.165) is 47.6 Å². The Kier molecular flexibility index (Phi) is 5.78. The number of hydrogen-bond acceptors (Lipinski definition) is 5. The lowest BCUT2D eigenvalue weighted by atomic mass is 9.96. The molecular formula is C26H22F2N4O3. The van der Waals surface area contributed by atoms with E-state index in [4.69, 9.17) is 10.5 Å². The molecule has 1 aliphatic heterocycles. The van der Waals surface area contributed by atoms with Gasteiger partial charge in [0.25, 0.3) is 5.91 Å². The monoisotopic (exact) mass is 476 g/mol. The summed E-state index contributed by atoms with van der Waals surface area (Å²) in [4.78, 5) is 34.3. The van der Waals surface area contributed by atoms with Gasteiger partial charge in [-0.3, -0.25) is 9.59 Å². The highest BCUT2D eigenvalue weighted by molar-refractivity contribution is 6.17. The molecule has 1 amide bonds. The molecule has 0 radical (unpaired) electrons. The van der Waals surface area contributed by atoms with Crippen LogP contribution in [0.3, 0.4) is 0 Å². The van der Waals surface area contributed by atoms with Gasteiger partial charge in [-0.25, -0.2) is 13.8 Å². The number of nitrogens with two attached hydrogens (primary N) is 1. The highest BCUT2D eigenvalue weighted by atomic mass is 19.1. The Morgan fingerprint density at radius 1 is 1.11 bits per heavy atom. The second-order valence-corrected chi connectivity index (χ2v) is 8.35. The molecule has 3 N–H and O–H groups in total. The van der Waals surface area contributed by atoms with Crippen LogP contribution in [0.25, 0.3) is 22.2 Å². The number of aromatic nitrogens is 2. The van der Waals surface area contributed by atoms with Gasteiger partial charge < -0.3 is 20.4 Å². The van der Waals surface area contributed by atoms with Gasteiger partial charge in [0.2, 0.25) is 5.78 Å². The van der Waals surface area contributed by atoms with E-state index in [1.54, 1.807) is 12.3 Å². The fraction of sp³-hybridized carbons (Fsp3) is 0.192. The number of pyridine rings is 1. The smallest absolute Gasteiger partial charge is 0.251 e. The Bertz CT molecular complexity index is 1480. The summed E-state index contributed by atoms with van der Waals surface area (Å²) in [7, 11) is 0. The van der Waals surface area contributed by atoms with Crippen molar-refractivity contribution in [3.63, 3.8) is 0 Å². The molecule has 35 heavy (non-hydrogen) atoms. The van der Waals surface area contributed by atoms with Crippen LogP contribution in [0.1, 0.15) is 31.8 Å². The molecule has 0 bridgehead atoms. The Hall–Kier alpha value is -4.11. The summed E-state index contributed by atoms with van der Waals surface area (Å²) in [6.45, 7) is 4.93. The zero-order chi connectivity index (χ0) is 24.7. The van der Waals surface area contributed by atoms with Crippen LogP contribution in [0.4, 0.5) is 14.5 Å². The van der Waals surface area contributed by atoms with Gasteiger partial charge >= 0.3 is 0 Å². The molecule has 0 spiro atoms. The zero-order valence-electron chi connectivity index (χ0n) is 18.9. The van der Waals surface area contributed by atoms with Gasteiger partial charge in [0.1, 0.15) is 17.3 Å². The number of ether oxygens (including phenoxy) is 1. The maximum absolute atomic E-state index is 14.8. The topological polar surface area (TPSA) is 101 Å². The van der Waals surface area contributed by atoms with Crippen LogP contribution >= 0.6 is 0 Å². The highest BCUT2D eigenvalue weighted by Crippen LogP contribution is 2.33. The molecule has 4 aromatic rings. The predicted molar refractivity (Wildman–Crippen MR) is 128 cm³/mol. The second-order valence-electron chi connectivity index (χ2n) is 8.35. The number of aromatic amines is 1. The fourth-order valence-electron chi connectivity index (χ4n) is 4.51. The maximum Gasteiger partial charge on any atom is 0.251 e. The van der Waals surface area contributed by atoms with Crippen LogP contribution in [0.5, 0.6) is 0 Å². The number of benzene rings is 2. The Morgan fingerprint density at radius 2 is 1.89 bits per heavy atom. The Labute approximate surface area is 199 Å². The van der Waals surface area contributed by atoms with E-state index < -0.39 is 34.5 Å². The zero-order valence-corrected chi connectivity index (χ0v) is 18.9. The summed E-state index contributed by atoms with van der Waals surface area (Å²) >= 11 is 0. The number of ketones is 1. The Morgan fingerprint density at radius 3 is 2.63 bits per heavy atom. The number of carbonyl (C=O) groups is 2. The number of morpholine rings is 1. The molecule has 1 aliphatic rings. The van der Waals surface area contributed by atoms with Gasteiger partial charge in [0, 0.05) is 47.7 Å². The lowest BCUT2D eigenvalue weighted by Gasteiger charge is -2.30. The first-order valence-corrected chi connectivity index (χ1v) is 11.1. The molecule has 3 heterocycles. The van der Waals surface area contributed by atoms with Crippen molar-refractivity contribution in [2.24, 2.45) is 5.73 Å². The number of rotatable bonds is 5. The van der Waals surface area contributed by atoms with Crippen molar-refractivity contribution in [2.75, 3.05) is 31.2 Å². The number of amides is 1. The van der Waals surface area contributed by atoms with E-state index in [1.807, 2.05) is 19.1 Å². The molecule has 5 rings (SSSR count). The lowest BCUT2D eigenvalue weighted by Crippen LogP contribution is -2.36. The maximum atomic E-state index is 14.8. The van der Waals surface area contributed by atoms with E-state index in [-0.39, 0.29) is 5.56 Å². The number of nitrogens with zero attached hydrogens (tertiary/aromatic N) is 2. The van der Waals surface area contributed by atoms with Crippen LogP contribution in [0.15, 0.2) is 48.8 Å². The largest absolute Gasteiger partial charge is 0.378 e. The average molecular weight is 476 g/mol.